The zero-order valence-corrected chi connectivity index (χ0v) is 22.0. The molecule has 1 amide bonds. The van der Waals surface area contributed by atoms with Crippen LogP contribution in [0.25, 0.3) is 0 Å². The Hall–Kier alpha value is -3.61. The van der Waals surface area contributed by atoms with Gasteiger partial charge in [-0.25, -0.2) is 8.42 Å². The second kappa shape index (κ2) is 11.8. The summed E-state index contributed by atoms with van der Waals surface area (Å²) in [5, 5.41) is 9.41. The molecule has 1 aromatic carbocycles. The first-order valence-electron chi connectivity index (χ1n) is 11.9. The maximum Gasteiger partial charge on any atom is 0.416 e. The summed E-state index contributed by atoms with van der Waals surface area (Å²) >= 11 is 0. The number of pyridine rings is 1. The van der Waals surface area contributed by atoms with E-state index in [1.807, 2.05) is 6.20 Å². The molecule has 0 radical (unpaired) electrons. The zero-order chi connectivity index (χ0) is 28.1. The van der Waals surface area contributed by atoms with Gasteiger partial charge in [-0.05, 0) is 67.5 Å². The number of anilines is 1. The molecule has 13 heteroatoms. The summed E-state index contributed by atoms with van der Waals surface area (Å²) in [4.78, 5) is 24.0. The van der Waals surface area contributed by atoms with Crippen molar-refractivity contribution in [1.82, 2.24) is 20.1 Å². The van der Waals surface area contributed by atoms with Gasteiger partial charge in [0.2, 0.25) is 15.9 Å². The third-order valence-corrected chi connectivity index (χ3v) is 7.38. The van der Waals surface area contributed by atoms with E-state index in [-0.39, 0.29) is 17.8 Å². The van der Waals surface area contributed by atoms with E-state index in [9.17, 15) is 31.2 Å². The van der Waals surface area contributed by atoms with Crippen LogP contribution in [-0.2, 0) is 46.1 Å². The van der Waals surface area contributed by atoms with Gasteiger partial charge in [0.25, 0.3) is 5.56 Å². The van der Waals surface area contributed by atoms with Crippen LogP contribution >= 0.6 is 0 Å². The molecule has 9 nitrogen and oxygen atoms in total. The molecule has 2 aromatic heterocycles. The molecule has 3 aromatic rings. The molecule has 0 fully saturated rings. The fraction of sp³-hybridized carbons (Fsp3) is 0.400. The van der Waals surface area contributed by atoms with E-state index < -0.39 is 39.0 Å². The molecule has 1 aliphatic carbocycles. The van der Waals surface area contributed by atoms with E-state index in [4.69, 9.17) is 0 Å². The fourth-order valence-electron chi connectivity index (χ4n) is 3.98. The normalized spacial score (nSPS) is 15.2. The number of aromatic nitrogens is 3. The van der Waals surface area contributed by atoms with Crippen LogP contribution in [-0.4, -0.2) is 36.1 Å². The maximum atomic E-state index is 12.6. The molecule has 0 bridgehead atoms. The van der Waals surface area contributed by atoms with Crippen molar-refractivity contribution in [3.8, 4) is 0 Å². The number of aryl methyl sites for hydroxylation is 2. The van der Waals surface area contributed by atoms with Crippen LogP contribution in [0.2, 0.25) is 0 Å². The van der Waals surface area contributed by atoms with Crippen LogP contribution in [0.15, 0.2) is 47.4 Å². The van der Waals surface area contributed by atoms with Crippen molar-refractivity contribution in [3.05, 3.63) is 81.0 Å². The lowest BCUT2D eigenvalue weighted by molar-refractivity contribution is -0.137. The first-order chi connectivity index (χ1) is 17.8. The van der Waals surface area contributed by atoms with Gasteiger partial charge < -0.3 is 9.88 Å². The summed E-state index contributed by atoms with van der Waals surface area (Å²) in [6, 6.07) is 6.42. The first-order valence-corrected chi connectivity index (χ1v) is 13.5. The minimum Gasteiger partial charge on any atom is -0.358 e. The van der Waals surface area contributed by atoms with E-state index in [1.165, 1.54) is 49.7 Å². The second-order valence-corrected chi connectivity index (χ2v) is 11.0. The highest BCUT2D eigenvalue weighted by atomic mass is 32.2. The Morgan fingerprint density at radius 3 is 2.50 bits per heavy atom. The number of hydrogen-bond donors (Lipinski definition) is 3. The molecular weight excluding hydrogens is 523 g/mol. The highest BCUT2D eigenvalue weighted by Crippen LogP contribution is 2.29. The largest absolute Gasteiger partial charge is 0.416 e. The standard InChI is InChI=1S/C17H18F3N3O4S.C8H12N2/c1-11-3-8-14(16(25)23(11)9-15(24)21-2)22-28(26,27)10-12-4-6-13(7-5-12)17(18,19)20;1-6-2-3-8-7(4-6)5-9-10-8/h3-8,22H,9-10H2,1-2H3,(H,21,24);5-6H,2-4H2,1H3,(H,9,10). The van der Waals surface area contributed by atoms with Crippen molar-refractivity contribution in [3.63, 3.8) is 0 Å². The second-order valence-electron chi connectivity index (χ2n) is 9.23. The Morgan fingerprint density at radius 1 is 1.18 bits per heavy atom. The van der Waals surface area contributed by atoms with Gasteiger partial charge >= 0.3 is 6.18 Å². The summed E-state index contributed by atoms with van der Waals surface area (Å²) in [7, 11) is -2.67. The van der Waals surface area contributed by atoms with Gasteiger partial charge in [-0.3, -0.25) is 19.4 Å². The molecule has 0 spiro atoms. The van der Waals surface area contributed by atoms with Crippen LogP contribution in [0.1, 0.15) is 41.4 Å². The minimum absolute atomic E-state index is 0.123. The molecule has 1 atom stereocenters. The van der Waals surface area contributed by atoms with Crippen LogP contribution in [0.3, 0.4) is 0 Å². The molecule has 2 heterocycles. The van der Waals surface area contributed by atoms with Crippen molar-refractivity contribution in [2.45, 2.75) is 51.6 Å². The lowest BCUT2D eigenvalue weighted by Gasteiger charge is -2.16. The quantitative estimate of drug-likeness (QED) is 0.432. The molecule has 0 saturated heterocycles. The number of hydrogen-bond acceptors (Lipinski definition) is 5. The number of alkyl halides is 3. The summed E-state index contributed by atoms with van der Waals surface area (Å²) in [6.45, 7) is 3.61. The van der Waals surface area contributed by atoms with Crippen molar-refractivity contribution in [2.75, 3.05) is 11.8 Å². The summed E-state index contributed by atoms with van der Waals surface area (Å²) < 4.78 is 65.6. The molecule has 1 aliphatic rings. The number of sulfonamides is 1. The summed E-state index contributed by atoms with van der Waals surface area (Å²) in [5.41, 5.74) is 1.51. The molecule has 206 valence electrons. The van der Waals surface area contributed by atoms with Gasteiger partial charge in [-0.1, -0.05) is 19.1 Å². The van der Waals surface area contributed by atoms with Gasteiger partial charge in [-0.15, -0.1) is 0 Å². The lowest BCUT2D eigenvalue weighted by Crippen LogP contribution is -2.33. The van der Waals surface area contributed by atoms with E-state index in [0.29, 0.717) is 5.69 Å². The van der Waals surface area contributed by atoms with Crippen molar-refractivity contribution >= 4 is 21.6 Å². The maximum absolute atomic E-state index is 12.6. The monoisotopic (exact) mass is 553 g/mol. The topological polar surface area (TPSA) is 126 Å². The Balaban J connectivity index is 0.000000329. The lowest BCUT2D eigenvalue weighted by atomic mass is 9.89. The van der Waals surface area contributed by atoms with E-state index in [1.54, 1.807) is 6.92 Å². The molecule has 3 N–H and O–H groups in total. The minimum atomic E-state index is -4.52. The highest BCUT2D eigenvalue weighted by molar-refractivity contribution is 7.91. The number of benzene rings is 1. The molecule has 1 unspecified atom stereocenters. The van der Waals surface area contributed by atoms with Gasteiger partial charge in [0, 0.05) is 18.4 Å². The van der Waals surface area contributed by atoms with Gasteiger partial charge in [0.15, 0.2) is 0 Å². The number of H-pyrrole nitrogens is 1. The highest BCUT2D eigenvalue weighted by Gasteiger charge is 2.30. The number of carbonyl (C=O) groups is 1. The zero-order valence-electron chi connectivity index (χ0n) is 21.2. The van der Waals surface area contributed by atoms with E-state index in [0.717, 1.165) is 34.8 Å². The number of nitrogens with one attached hydrogen (secondary N) is 3. The third-order valence-electron chi connectivity index (χ3n) is 6.14. The molecular formula is C25H30F3N5O4S. The van der Waals surface area contributed by atoms with Crippen molar-refractivity contribution < 1.29 is 26.4 Å². The molecule has 38 heavy (non-hydrogen) atoms. The Morgan fingerprint density at radius 2 is 1.87 bits per heavy atom. The van der Waals surface area contributed by atoms with Gasteiger partial charge in [0.05, 0.1) is 17.5 Å². The SMILES string of the molecule is CC1CCc2[nH]ncc2C1.CNC(=O)Cn1c(C)ccc(NS(=O)(=O)Cc2ccc(C(F)(F)F)cc2)c1=O. The first kappa shape index (κ1) is 29.0. The average molecular weight is 554 g/mol. The van der Waals surface area contributed by atoms with Crippen LogP contribution in [0.4, 0.5) is 18.9 Å². The molecule has 0 aliphatic heterocycles. The average Bonchev–Trinajstić information content (AvgIpc) is 3.31. The van der Waals surface area contributed by atoms with Crippen molar-refractivity contribution in [2.24, 2.45) is 5.92 Å². The van der Waals surface area contributed by atoms with Gasteiger partial charge in [0.1, 0.15) is 12.2 Å². The number of aromatic amines is 1. The summed E-state index contributed by atoms with van der Waals surface area (Å²) in [5.74, 6) is -0.200. The predicted octanol–water partition coefficient (Wildman–Crippen LogP) is 3.40. The number of rotatable bonds is 6. The molecule has 4 rings (SSSR count). The Labute approximate surface area is 218 Å². The third kappa shape index (κ3) is 7.70. The number of carbonyl (C=O) groups excluding carboxylic acids is 1. The number of nitrogens with zero attached hydrogens (tertiary/aromatic N) is 2. The van der Waals surface area contributed by atoms with Crippen LogP contribution in [0.5, 0.6) is 0 Å². The van der Waals surface area contributed by atoms with E-state index in [2.05, 4.69) is 27.2 Å². The number of likely N-dealkylation sites (N-methyl/N-ethyl adjacent to an activating group) is 1. The molecule has 0 saturated carbocycles. The van der Waals surface area contributed by atoms with Crippen LogP contribution in [0, 0.1) is 12.8 Å². The Bertz CT molecular complexity index is 1430. The van der Waals surface area contributed by atoms with Gasteiger partial charge in [-0.2, -0.15) is 18.3 Å². The smallest absolute Gasteiger partial charge is 0.358 e. The number of fused-ring (bicyclic) bond motifs is 1. The van der Waals surface area contributed by atoms with Crippen molar-refractivity contribution in [1.29, 1.82) is 0 Å². The number of halogens is 3. The van der Waals surface area contributed by atoms with Crippen LogP contribution < -0.4 is 15.6 Å². The Kier molecular flexibility index (Phi) is 9.02. The summed E-state index contributed by atoms with van der Waals surface area (Å²) in [6.07, 6.45) is 1.16. The predicted molar refractivity (Wildman–Crippen MR) is 137 cm³/mol. The fourth-order valence-corrected chi connectivity index (χ4v) is 5.17. The van der Waals surface area contributed by atoms with E-state index >= 15 is 0 Å². The number of amides is 1.